The number of hydrogen-bond acceptors (Lipinski definition) is 0. The monoisotopic (exact) mass is 251 g/mol. The lowest BCUT2D eigenvalue weighted by Crippen LogP contribution is -2.13. The Hall–Kier alpha value is -2.02. The van der Waals surface area contributed by atoms with Gasteiger partial charge in [-0.2, -0.15) is 0 Å². The van der Waals surface area contributed by atoms with Gasteiger partial charge >= 0.3 is 0 Å². The third-order valence-electron chi connectivity index (χ3n) is 3.00. The van der Waals surface area contributed by atoms with E-state index < -0.39 is 0 Å². The second-order valence-corrected chi connectivity index (χ2v) is 4.67. The summed E-state index contributed by atoms with van der Waals surface area (Å²) in [4.78, 5) is 0. The number of hydrogen-bond donors (Lipinski definition) is 0. The molecule has 0 atom stereocenters. The van der Waals surface area contributed by atoms with Crippen LogP contribution < -0.4 is 0 Å². The molecule has 0 radical (unpaired) electrons. The number of unbranched alkanes of at least 4 members (excludes halogenated alkanes) is 1. The molecule has 0 aliphatic carbocycles. The molecule has 2 aromatic carbocycles. The van der Waals surface area contributed by atoms with E-state index in [1.54, 1.807) is 0 Å². The molecule has 0 heterocycles. The van der Waals surface area contributed by atoms with E-state index in [9.17, 15) is 0 Å². The molecule has 2 rings (SSSR count). The quantitative estimate of drug-likeness (QED) is 0.412. The predicted molar refractivity (Wildman–Crippen MR) is 81.5 cm³/mol. The summed E-state index contributed by atoms with van der Waals surface area (Å²) in [6, 6.07) is 21.0. The molecule has 0 spiro atoms. The molecule has 0 amide bonds. The van der Waals surface area contributed by atoms with E-state index in [1.165, 1.54) is 24.0 Å². The van der Waals surface area contributed by atoms with Gasteiger partial charge in [0.15, 0.2) is 0 Å². The summed E-state index contributed by atoms with van der Waals surface area (Å²) in [5.74, 6) is 0. The Morgan fingerprint density at radius 2 is 1.58 bits per heavy atom. The minimum absolute atomic E-state index is 1.06. The second kappa shape index (κ2) is 7.42. The Morgan fingerprint density at radius 3 is 2.21 bits per heavy atom. The highest BCUT2D eigenvalue weighted by molar-refractivity contribution is 5.75. The van der Waals surface area contributed by atoms with Gasteiger partial charge in [0.25, 0.3) is 0 Å². The molecule has 0 aliphatic rings. The first kappa shape index (κ1) is 13.4. The molecule has 0 bridgehead atoms. The van der Waals surface area contributed by atoms with E-state index in [1.807, 2.05) is 0 Å². The molecule has 19 heavy (non-hydrogen) atoms. The van der Waals surface area contributed by atoms with Crippen LogP contribution in [-0.2, 0) is 0 Å². The third kappa shape index (κ3) is 4.63. The maximum atomic E-state index is 2.29. The van der Waals surface area contributed by atoms with Gasteiger partial charge in [0.05, 0.1) is 6.54 Å². The molecule has 0 N–H and O–H groups in total. The molecule has 1 nitrogen and oxygen atoms in total. The Kier molecular flexibility index (Phi) is 5.24. The van der Waals surface area contributed by atoms with E-state index in [4.69, 9.17) is 0 Å². The fourth-order valence-electron chi connectivity index (χ4n) is 1.97. The van der Waals surface area contributed by atoms with Gasteiger partial charge in [0.2, 0.25) is 0 Å². The van der Waals surface area contributed by atoms with Crippen molar-refractivity contribution in [1.82, 2.24) is 0 Å². The highest BCUT2D eigenvalue weighted by Gasteiger charge is 2.00. The van der Waals surface area contributed by atoms with Gasteiger partial charge in [-0.1, -0.05) is 55.3 Å². The van der Waals surface area contributed by atoms with Crippen LogP contribution in [0.15, 0.2) is 60.7 Å². The second-order valence-electron chi connectivity index (χ2n) is 4.67. The smallest absolute Gasteiger partial charge is 0.130 e. The fraction of sp³-hybridized carbons (Fsp3) is 0.222. The van der Waals surface area contributed by atoms with Crippen LogP contribution in [0.4, 0.5) is 0 Å². The highest BCUT2D eigenvalue weighted by Crippen LogP contribution is 2.05. The molecule has 0 unspecified atom stereocenters. The predicted octanol–water partition coefficient (Wildman–Crippen LogP) is 4.13. The molecule has 1 heteroatoms. The molecule has 0 saturated carbocycles. The van der Waals surface area contributed by atoms with Crippen LogP contribution in [0.1, 0.15) is 30.9 Å². The van der Waals surface area contributed by atoms with Crippen molar-refractivity contribution in [2.24, 2.45) is 0 Å². The molecular weight excluding hydrogens is 230 g/mol. The summed E-state index contributed by atoms with van der Waals surface area (Å²) in [5, 5.41) is 0. The average molecular weight is 251 g/mol. The highest BCUT2D eigenvalue weighted by atomic mass is 15.0. The SMILES string of the molecule is CCCC[N+](=Cc1ccccc1)[CH-]c1ccccc1. The first-order valence-electron chi connectivity index (χ1n) is 6.94. The maximum absolute atomic E-state index is 2.29. The van der Waals surface area contributed by atoms with Gasteiger partial charge in [-0.3, -0.25) is 4.58 Å². The molecule has 0 saturated heterocycles. The standard InChI is InChI=1S/C18H21N/c1-2-3-14-19(15-17-10-6-4-7-11-17)16-18-12-8-5-9-13-18/h4-13,15-16H,2-3,14H2,1H3. The number of nitrogens with zero attached hydrogens (tertiary/aromatic N) is 1. The zero-order chi connectivity index (χ0) is 13.3. The molecule has 98 valence electrons. The van der Waals surface area contributed by atoms with Crippen LogP contribution in [0.5, 0.6) is 0 Å². The minimum Gasteiger partial charge on any atom is -0.284 e. The van der Waals surface area contributed by atoms with Gasteiger partial charge in [0.1, 0.15) is 12.8 Å². The average Bonchev–Trinajstić information content (AvgIpc) is 2.47. The zero-order valence-corrected chi connectivity index (χ0v) is 11.5. The van der Waals surface area contributed by atoms with Crippen LogP contribution in [0, 0.1) is 6.54 Å². The topological polar surface area (TPSA) is 3.01 Å². The molecule has 0 aliphatic heterocycles. The lowest BCUT2D eigenvalue weighted by molar-refractivity contribution is -0.477. The van der Waals surface area contributed by atoms with Crippen molar-refractivity contribution in [3.05, 3.63) is 78.3 Å². The zero-order valence-electron chi connectivity index (χ0n) is 11.5. The lowest BCUT2D eigenvalue weighted by atomic mass is 10.2. The van der Waals surface area contributed by atoms with Crippen LogP contribution in [0.2, 0.25) is 0 Å². The van der Waals surface area contributed by atoms with Crippen molar-refractivity contribution in [1.29, 1.82) is 0 Å². The van der Waals surface area contributed by atoms with Gasteiger partial charge in [-0.25, -0.2) is 0 Å². The Labute approximate surface area is 116 Å². The lowest BCUT2D eigenvalue weighted by Gasteiger charge is -2.09. The normalized spacial score (nSPS) is 11.3. The maximum Gasteiger partial charge on any atom is 0.130 e. The van der Waals surface area contributed by atoms with Crippen molar-refractivity contribution in [2.45, 2.75) is 19.8 Å². The summed E-state index contributed by atoms with van der Waals surface area (Å²) >= 11 is 0. The summed E-state index contributed by atoms with van der Waals surface area (Å²) in [5.41, 5.74) is 2.48. The fourth-order valence-corrected chi connectivity index (χ4v) is 1.97. The first-order valence-corrected chi connectivity index (χ1v) is 6.94. The molecule has 0 aromatic heterocycles. The number of rotatable bonds is 6. The third-order valence-corrected chi connectivity index (χ3v) is 3.00. The first-order chi connectivity index (χ1) is 9.38. The van der Waals surface area contributed by atoms with Crippen molar-refractivity contribution >= 4 is 6.21 Å². The van der Waals surface area contributed by atoms with Crippen LogP contribution in [0.3, 0.4) is 0 Å². The summed E-state index contributed by atoms with van der Waals surface area (Å²) in [6.45, 7) is 5.49. The largest absolute Gasteiger partial charge is 0.284 e. The van der Waals surface area contributed by atoms with Crippen LogP contribution in [-0.4, -0.2) is 17.3 Å². The van der Waals surface area contributed by atoms with Crippen LogP contribution >= 0.6 is 0 Å². The molecule has 0 fully saturated rings. The minimum atomic E-state index is 1.06. The van der Waals surface area contributed by atoms with E-state index in [0.29, 0.717) is 0 Å². The summed E-state index contributed by atoms with van der Waals surface area (Å²) in [6.07, 6.45) is 4.62. The van der Waals surface area contributed by atoms with Crippen molar-refractivity contribution < 1.29 is 4.58 Å². The molecular formula is C18H21N. The Morgan fingerprint density at radius 1 is 0.947 bits per heavy atom. The van der Waals surface area contributed by atoms with Gasteiger partial charge < -0.3 is 0 Å². The van der Waals surface area contributed by atoms with Crippen molar-refractivity contribution in [3.8, 4) is 0 Å². The summed E-state index contributed by atoms with van der Waals surface area (Å²) < 4.78 is 2.29. The van der Waals surface area contributed by atoms with E-state index in [-0.39, 0.29) is 0 Å². The van der Waals surface area contributed by atoms with Gasteiger partial charge in [-0.05, 0) is 5.56 Å². The van der Waals surface area contributed by atoms with E-state index >= 15 is 0 Å². The van der Waals surface area contributed by atoms with Crippen LogP contribution in [0.25, 0.3) is 0 Å². The summed E-state index contributed by atoms with van der Waals surface area (Å²) in [7, 11) is 0. The Balaban J connectivity index is 2.14. The van der Waals surface area contributed by atoms with E-state index in [0.717, 1.165) is 6.54 Å². The van der Waals surface area contributed by atoms with Crippen molar-refractivity contribution in [3.63, 3.8) is 0 Å². The number of benzene rings is 2. The van der Waals surface area contributed by atoms with E-state index in [2.05, 4.69) is 84.9 Å². The molecule has 2 aromatic rings. The van der Waals surface area contributed by atoms with Gasteiger partial charge in [0, 0.05) is 6.42 Å². The van der Waals surface area contributed by atoms with Crippen molar-refractivity contribution in [2.75, 3.05) is 6.54 Å². The van der Waals surface area contributed by atoms with Gasteiger partial charge in [-0.15, -0.1) is 24.3 Å². The Bertz CT molecular complexity index is 500.